The number of amides is 1. The first-order valence-electron chi connectivity index (χ1n) is 4.87. The number of anilines is 1. The number of nitro groups is 1. The standard InChI is InChI=1S/C10H8BrIN2O3/c11-6-3-10(15)13(5-6)9-2-1-7(14(16)17)4-8(9)12/h1-2,4,6H,3,5H2. The van der Waals surface area contributed by atoms with E-state index in [4.69, 9.17) is 0 Å². The average Bonchev–Trinajstić information content (AvgIpc) is 2.57. The summed E-state index contributed by atoms with van der Waals surface area (Å²) in [5.41, 5.74) is 0.781. The minimum Gasteiger partial charge on any atom is -0.310 e. The van der Waals surface area contributed by atoms with Crippen LogP contribution in [0.2, 0.25) is 0 Å². The van der Waals surface area contributed by atoms with Crippen molar-refractivity contribution in [1.29, 1.82) is 0 Å². The number of halogens is 2. The highest BCUT2D eigenvalue weighted by Gasteiger charge is 2.30. The number of nitro benzene ring substituents is 1. The summed E-state index contributed by atoms with van der Waals surface area (Å²) in [7, 11) is 0. The molecule has 1 aromatic rings. The third-order valence-corrected chi connectivity index (χ3v) is 3.99. The third-order valence-electron chi connectivity index (χ3n) is 2.51. The second kappa shape index (κ2) is 4.89. The number of rotatable bonds is 2. The van der Waals surface area contributed by atoms with Crippen molar-refractivity contribution >= 4 is 55.8 Å². The van der Waals surface area contributed by atoms with E-state index in [-0.39, 0.29) is 16.4 Å². The number of benzene rings is 1. The zero-order chi connectivity index (χ0) is 12.6. The van der Waals surface area contributed by atoms with Crippen LogP contribution in [-0.2, 0) is 4.79 Å². The maximum atomic E-state index is 11.7. The van der Waals surface area contributed by atoms with Crippen LogP contribution < -0.4 is 4.90 Å². The normalized spacial score (nSPS) is 19.8. The molecule has 0 radical (unpaired) electrons. The van der Waals surface area contributed by atoms with Crippen molar-refractivity contribution in [3.63, 3.8) is 0 Å². The van der Waals surface area contributed by atoms with E-state index < -0.39 is 4.92 Å². The van der Waals surface area contributed by atoms with Crippen LogP contribution in [0.15, 0.2) is 18.2 Å². The zero-order valence-electron chi connectivity index (χ0n) is 8.60. The molecule has 1 unspecified atom stereocenters. The van der Waals surface area contributed by atoms with Crippen molar-refractivity contribution in [3.8, 4) is 0 Å². The van der Waals surface area contributed by atoms with E-state index in [0.717, 1.165) is 5.69 Å². The Labute approximate surface area is 120 Å². The first kappa shape index (κ1) is 12.7. The highest BCUT2D eigenvalue weighted by molar-refractivity contribution is 14.1. The summed E-state index contributed by atoms with van der Waals surface area (Å²) in [6.07, 6.45) is 0.465. The lowest BCUT2D eigenvalue weighted by molar-refractivity contribution is -0.384. The highest BCUT2D eigenvalue weighted by atomic mass is 127. The molecule has 17 heavy (non-hydrogen) atoms. The van der Waals surface area contributed by atoms with Gasteiger partial charge in [-0.2, -0.15) is 0 Å². The summed E-state index contributed by atoms with van der Waals surface area (Å²) >= 11 is 5.42. The smallest absolute Gasteiger partial charge is 0.270 e. The fourth-order valence-corrected chi connectivity index (χ4v) is 3.08. The van der Waals surface area contributed by atoms with Gasteiger partial charge in [-0.1, -0.05) is 15.9 Å². The van der Waals surface area contributed by atoms with Gasteiger partial charge in [0.05, 0.1) is 10.6 Å². The lowest BCUT2D eigenvalue weighted by Gasteiger charge is -2.17. The molecular formula is C10H8BrIN2O3. The Bertz CT molecular complexity index is 494. The van der Waals surface area contributed by atoms with Gasteiger partial charge >= 0.3 is 0 Å². The quantitative estimate of drug-likeness (QED) is 0.326. The molecule has 0 saturated carbocycles. The van der Waals surface area contributed by atoms with E-state index in [9.17, 15) is 14.9 Å². The fraction of sp³-hybridized carbons (Fsp3) is 0.300. The van der Waals surface area contributed by atoms with Gasteiger partial charge in [0, 0.05) is 33.5 Å². The van der Waals surface area contributed by atoms with E-state index in [1.54, 1.807) is 11.0 Å². The van der Waals surface area contributed by atoms with Gasteiger partial charge in [-0.05, 0) is 28.7 Å². The van der Waals surface area contributed by atoms with E-state index in [0.29, 0.717) is 16.5 Å². The Balaban J connectivity index is 2.34. The molecule has 0 aromatic heterocycles. The van der Waals surface area contributed by atoms with Crippen molar-refractivity contribution in [2.45, 2.75) is 11.2 Å². The fourth-order valence-electron chi connectivity index (χ4n) is 1.73. The minimum absolute atomic E-state index is 0.0404. The van der Waals surface area contributed by atoms with Crippen LogP contribution in [0.3, 0.4) is 0 Å². The van der Waals surface area contributed by atoms with E-state index >= 15 is 0 Å². The summed E-state index contributed by atoms with van der Waals surface area (Å²) in [6.45, 7) is 0.604. The summed E-state index contributed by atoms with van der Waals surface area (Å²) in [6, 6.07) is 4.53. The number of carbonyl (C=O) groups is 1. The molecule has 1 amide bonds. The van der Waals surface area contributed by atoms with Gasteiger partial charge in [0.25, 0.3) is 5.69 Å². The summed E-state index contributed by atoms with van der Waals surface area (Å²) in [4.78, 5) is 23.7. The lowest BCUT2D eigenvalue weighted by atomic mass is 10.2. The van der Waals surface area contributed by atoms with Gasteiger partial charge < -0.3 is 4.90 Å². The molecule has 90 valence electrons. The molecular weight excluding hydrogens is 403 g/mol. The second-order valence-corrected chi connectivity index (χ2v) is 6.16. The first-order chi connectivity index (χ1) is 7.99. The number of hydrogen-bond acceptors (Lipinski definition) is 3. The first-order valence-corrected chi connectivity index (χ1v) is 6.87. The van der Waals surface area contributed by atoms with Crippen LogP contribution in [0.5, 0.6) is 0 Å². The molecule has 1 fully saturated rings. The SMILES string of the molecule is O=C1CC(Br)CN1c1ccc([N+](=O)[O-])cc1I. The number of nitrogens with zero attached hydrogens (tertiary/aromatic N) is 2. The molecule has 0 N–H and O–H groups in total. The average molecular weight is 411 g/mol. The molecule has 1 aliphatic rings. The topological polar surface area (TPSA) is 63.5 Å². The minimum atomic E-state index is -0.439. The Morgan fingerprint density at radius 1 is 1.53 bits per heavy atom. The van der Waals surface area contributed by atoms with Crippen molar-refractivity contribution in [2.24, 2.45) is 0 Å². The van der Waals surface area contributed by atoms with Crippen LogP contribution in [0.25, 0.3) is 0 Å². The van der Waals surface area contributed by atoms with Crippen LogP contribution >= 0.6 is 38.5 Å². The summed E-state index contributed by atoms with van der Waals surface area (Å²) < 4.78 is 0.715. The number of carbonyl (C=O) groups excluding carboxylic acids is 1. The van der Waals surface area contributed by atoms with E-state index in [1.165, 1.54) is 12.1 Å². The molecule has 0 aliphatic carbocycles. The Hall–Kier alpha value is -0.700. The van der Waals surface area contributed by atoms with Gasteiger partial charge in [0.2, 0.25) is 5.91 Å². The van der Waals surface area contributed by atoms with Crippen molar-refractivity contribution in [1.82, 2.24) is 0 Å². The van der Waals surface area contributed by atoms with E-state index in [1.807, 2.05) is 22.6 Å². The van der Waals surface area contributed by atoms with Gasteiger partial charge in [-0.3, -0.25) is 14.9 Å². The Morgan fingerprint density at radius 2 is 2.24 bits per heavy atom. The molecule has 0 bridgehead atoms. The third kappa shape index (κ3) is 2.59. The second-order valence-electron chi connectivity index (χ2n) is 3.70. The van der Waals surface area contributed by atoms with Crippen LogP contribution in [0.4, 0.5) is 11.4 Å². The monoisotopic (exact) mass is 410 g/mol. The maximum absolute atomic E-state index is 11.7. The summed E-state index contributed by atoms with van der Waals surface area (Å²) in [5, 5.41) is 10.6. The molecule has 1 atom stereocenters. The van der Waals surface area contributed by atoms with Crippen LogP contribution in [0, 0.1) is 13.7 Å². The molecule has 5 nitrogen and oxygen atoms in total. The molecule has 1 aliphatic heterocycles. The van der Waals surface area contributed by atoms with Crippen molar-refractivity contribution in [3.05, 3.63) is 31.9 Å². The van der Waals surface area contributed by atoms with Crippen LogP contribution in [-0.4, -0.2) is 22.2 Å². The zero-order valence-corrected chi connectivity index (χ0v) is 12.3. The highest BCUT2D eigenvalue weighted by Crippen LogP contribution is 2.31. The Morgan fingerprint density at radius 3 is 2.71 bits per heavy atom. The molecule has 7 heteroatoms. The molecule has 1 saturated heterocycles. The van der Waals surface area contributed by atoms with Gasteiger partial charge in [0.1, 0.15) is 0 Å². The van der Waals surface area contributed by atoms with Gasteiger partial charge in [-0.25, -0.2) is 0 Å². The summed E-state index contributed by atoms with van der Waals surface area (Å²) in [5.74, 6) is 0.0404. The van der Waals surface area contributed by atoms with Gasteiger partial charge in [-0.15, -0.1) is 0 Å². The van der Waals surface area contributed by atoms with Crippen molar-refractivity contribution in [2.75, 3.05) is 11.4 Å². The predicted octanol–water partition coefficient (Wildman–Crippen LogP) is 2.70. The Kier molecular flexibility index (Phi) is 3.67. The predicted molar refractivity (Wildman–Crippen MR) is 75.5 cm³/mol. The number of alkyl halides is 1. The molecule has 2 rings (SSSR count). The number of non-ortho nitro benzene ring substituents is 1. The molecule has 1 heterocycles. The maximum Gasteiger partial charge on any atom is 0.270 e. The largest absolute Gasteiger partial charge is 0.310 e. The lowest BCUT2D eigenvalue weighted by Crippen LogP contribution is -2.25. The molecule has 1 aromatic carbocycles. The number of hydrogen-bond donors (Lipinski definition) is 0. The van der Waals surface area contributed by atoms with E-state index in [2.05, 4.69) is 15.9 Å². The van der Waals surface area contributed by atoms with Crippen LogP contribution in [0.1, 0.15) is 6.42 Å². The van der Waals surface area contributed by atoms with Gasteiger partial charge in [0.15, 0.2) is 0 Å². The van der Waals surface area contributed by atoms with Crippen molar-refractivity contribution < 1.29 is 9.72 Å². The molecule has 0 spiro atoms.